The minimum absolute atomic E-state index is 0.256. The van der Waals surface area contributed by atoms with Crippen molar-refractivity contribution in [3.8, 4) is 0 Å². The highest BCUT2D eigenvalue weighted by atomic mass is 19.1. The molecule has 2 heterocycles. The zero-order valence-electron chi connectivity index (χ0n) is 16.8. The van der Waals surface area contributed by atoms with Crippen molar-refractivity contribution in [2.75, 3.05) is 20.2 Å². The summed E-state index contributed by atoms with van der Waals surface area (Å²) < 4.78 is 32.1. The van der Waals surface area contributed by atoms with Crippen LogP contribution in [-0.4, -0.2) is 49.5 Å². The van der Waals surface area contributed by atoms with Crippen LogP contribution in [0.2, 0.25) is 0 Å². The number of hydrogen-bond acceptors (Lipinski definition) is 4. The van der Waals surface area contributed by atoms with E-state index in [1.165, 1.54) is 6.07 Å². The molecule has 2 fully saturated rings. The third-order valence-electron chi connectivity index (χ3n) is 6.25. The number of benzene rings is 1. The number of likely N-dealkylation sites (tertiary alicyclic amines) is 1. The molecule has 0 N–H and O–H groups in total. The van der Waals surface area contributed by atoms with Crippen molar-refractivity contribution < 1.29 is 18.4 Å². The van der Waals surface area contributed by atoms with Gasteiger partial charge in [0.2, 0.25) is 0 Å². The van der Waals surface area contributed by atoms with Crippen LogP contribution in [-0.2, 0) is 20.6 Å². The highest BCUT2D eigenvalue weighted by molar-refractivity contribution is 6.62. The van der Waals surface area contributed by atoms with Crippen LogP contribution in [0.25, 0.3) is 0 Å². The molecule has 0 aromatic heterocycles. The smallest absolute Gasteiger partial charge is 0.399 e. The van der Waals surface area contributed by atoms with Gasteiger partial charge in [-0.3, -0.25) is 4.90 Å². The summed E-state index contributed by atoms with van der Waals surface area (Å²) in [6.07, 6.45) is 1.37. The standard InChI is InChI=1S/C20H31BFNO3/c1-14-9-10-23(13-18(14)24-6)12-15-7-8-17(22)16(11-15)21-25-19(2,3)20(4,5)26-21/h7-8,11,14,18H,9-10,12-13H2,1-6H3. The van der Waals surface area contributed by atoms with Crippen LogP contribution in [0.4, 0.5) is 4.39 Å². The summed E-state index contributed by atoms with van der Waals surface area (Å²) in [6.45, 7) is 12.9. The van der Waals surface area contributed by atoms with Crippen molar-refractivity contribution in [1.29, 1.82) is 0 Å². The van der Waals surface area contributed by atoms with E-state index in [2.05, 4.69) is 11.8 Å². The first-order valence-corrected chi connectivity index (χ1v) is 9.52. The van der Waals surface area contributed by atoms with E-state index in [-0.39, 0.29) is 11.9 Å². The van der Waals surface area contributed by atoms with E-state index >= 15 is 0 Å². The lowest BCUT2D eigenvalue weighted by Crippen LogP contribution is -2.43. The lowest BCUT2D eigenvalue weighted by Gasteiger charge is -2.36. The molecule has 0 radical (unpaired) electrons. The molecule has 2 saturated heterocycles. The molecule has 144 valence electrons. The van der Waals surface area contributed by atoms with Gasteiger partial charge in [-0.15, -0.1) is 0 Å². The van der Waals surface area contributed by atoms with Gasteiger partial charge in [-0.2, -0.15) is 0 Å². The maximum Gasteiger partial charge on any atom is 0.497 e. The van der Waals surface area contributed by atoms with E-state index < -0.39 is 18.3 Å². The maximum absolute atomic E-state index is 14.5. The fraction of sp³-hybridized carbons (Fsp3) is 0.700. The van der Waals surface area contributed by atoms with E-state index in [4.69, 9.17) is 14.0 Å². The van der Waals surface area contributed by atoms with Gasteiger partial charge in [0.15, 0.2) is 0 Å². The summed E-state index contributed by atoms with van der Waals surface area (Å²) in [5, 5.41) is 0. The van der Waals surface area contributed by atoms with Crippen molar-refractivity contribution in [3.63, 3.8) is 0 Å². The van der Waals surface area contributed by atoms with Crippen LogP contribution in [0.5, 0.6) is 0 Å². The molecule has 6 heteroatoms. The number of nitrogens with zero attached hydrogens (tertiary/aromatic N) is 1. The number of piperidine rings is 1. The van der Waals surface area contributed by atoms with Crippen molar-refractivity contribution >= 4 is 12.6 Å². The second-order valence-electron chi connectivity index (χ2n) is 8.72. The molecule has 2 unspecified atom stereocenters. The number of hydrogen-bond donors (Lipinski definition) is 0. The molecule has 0 amide bonds. The largest absolute Gasteiger partial charge is 0.497 e. The van der Waals surface area contributed by atoms with Crippen molar-refractivity contribution in [1.82, 2.24) is 4.90 Å². The minimum atomic E-state index is -0.673. The molecular formula is C20H31BFNO3. The third kappa shape index (κ3) is 3.84. The molecule has 3 rings (SSSR count). The zero-order chi connectivity index (χ0) is 19.1. The molecule has 26 heavy (non-hydrogen) atoms. The van der Waals surface area contributed by atoms with Crippen LogP contribution in [0.1, 0.15) is 46.6 Å². The quantitative estimate of drug-likeness (QED) is 0.770. The van der Waals surface area contributed by atoms with Gasteiger partial charge in [-0.25, -0.2) is 4.39 Å². The minimum Gasteiger partial charge on any atom is -0.399 e. The second kappa shape index (κ2) is 7.23. The predicted octanol–water partition coefficient (Wildman–Crippen LogP) is 2.98. The Bertz CT molecular complexity index is 636. The van der Waals surface area contributed by atoms with Crippen LogP contribution in [0.3, 0.4) is 0 Å². The molecule has 0 saturated carbocycles. The molecule has 1 aromatic rings. The summed E-state index contributed by atoms with van der Waals surface area (Å²) in [7, 11) is 1.10. The Kier molecular flexibility index (Phi) is 5.51. The summed E-state index contributed by atoms with van der Waals surface area (Å²) in [5.74, 6) is 0.291. The van der Waals surface area contributed by atoms with E-state index in [0.29, 0.717) is 11.4 Å². The van der Waals surface area contributed by atoms with Gasteiger partial charge >= 0.3 is 7.12 Å². The van der Waals surface area contributed by atoms with Crippen LogP contribution >= 0.6 is 0 Å². The van der Waals surface area contributed by atoms with Gasteiger partial charge < -0.3 is 14.0 Å². The fourth-order valence-electron chi connectivity index (χ4n) is 3.65. The van der Waals surface area contributed by atoms with Crippen molar-refractivity contribution in [2.24, 2.45) is 5.92 Å². The zero-order valence-corrected chi connectivity index (χ0v) is 16.8. The second-order valence-corrected chi connectivity index (χ2v) is 8.72. The van der Waals surface area contributed by atoms with Gasteiger partial charge in [0.25, 0.3) is 0 Å². The van der Waals surface area contributed by atoms with E-state index in [1.807, 2.05) is 39.8 Å². The number of methoxy groups -OCH3 is 1. The van der Waals surface area contributed by atoms with Crippen molar-refractivity contribution in [3.05, 3.63) is 29.6 Å². The van der Waals surface area contributed by atoms with Gasteiger partial charge in [0, 0.05) is 25.7 Å². The number of halogens is 1. The molecule has 0 aliphatic carbocycles. The topological polar surface area (TPSA) is 30.9 Å². The molecule has 2 aliphatic rings. The first-order chi connectivity index (χ1) is 12.1. The molecular weight excluding hydrogens is 332 g/mol. The Balaban J connectivity index is 1.75. The van der Waals surface area contributed by atoms with Gasteiger partial charge in [-0.1, -0.05) is 19.1 Å². The van der Waals surface area contributed by atoms with Gasteiger partial charge in [0.1, 0.15) is 5.82 Å². The molecule has 4 nitrogen and oxygen atoms in total. The Morgan fingerprint density at radius 2 is 1.88 bits per heavy atom. The Hall–Kier alpha value is -0.945. The third-order valence-corrected chi connectivity index (χ3v) is 6.25. The molecule has 1 aromatic carbocycles. The van der Waals surface area contributed by atoms with Crippen molar-refractivity contribution in [2.45, 2.75) is 64.9 Å². The summed E-state index contributed by atoms with van der Waals surface area (Å²) in [5.41, 5.74) is 0.596. The average Bonchev–Trinajstić information content (AvgIpc) is 2.78. The summed E-state index contributed by atoms with van der Waals surface area (Å²) in [6, 6.07) is 5.26. The molecule has 0 bridgehead atoms. The Morgan fingerprint density at radius 1 is 1.23 bits per heavy atom. The van der Waals surface area contributed by atoms with E-state index in [0.717, 1.165) is 31.6 Å². The fourth-order valence-corrected chi connectivity index (χ4v) is 3.65. The molecule has 2 aliphatic heterocycles. The first kappa shape index (κ1) is 19.8. The highest BCUT2D eigenvalue weighted by Crippen LogP contribution is 2.36. The number of ether oxygens (including phenoxy) is 1. The van der Waals surface area contributed by atoms with Crippen LogP contribution in [0, 0.1) is 11.7 Å². The van der Waals surface area contributed by atoms with E-state index in [1.54, 1.807) is 7.11 Å². The van der Waals surface area contributed by atoms with Gasteiger partial charge in [-0.05, 0) is 58.2 Å². The van der Waals surface area contributed by atoms with E-state index in [9.17, 15) is 4.39 Å². The Labute approximate surface area is 157 Å². The lowest BCUT2D eigenvalue weighted by atomic mass is 9.78. The van der Waals surface area contributed by atoms with Crippen LogP contribution in [0.15, 0.2) is 18.2 Å². The first-order valence-electron chi connectivity index (χ1n) is 9.52. The SMILES string of the molecule is COC1CN(Cc2ccc(F)c(B3OC(C)(C)C(C)(C)O3)c2)CCC1C. The summed E-state index contributed by atoms with van der Waals surface area (Å²) in [4.78, 5) is 2.37. The summed E-state index contributed by atoms with van der Waals surface area (Å²) >= 11 is 0. The predicted molar refractivity (Wildman–Crippen MR) is 102 cm³/mol. The lowest BCUT2D eigenvalue weighted by molar-refractivity contribution is -0.00744. The Morgan fingerprint density at radius 3 is 2.50 bits per heavy atom. The van der Waals surface area contributed by atoms with Gasteiger partial charge in [0.05, 0.1) is 17.3 Å². The maximum atomic E-state index is 14.5. The molecule has 0 spiro atoms. The molecule has 2 atom stereocenters. The van der Waals surface area contributed by atoms with Crippen LogP contribution < -0.4 is 5.46 Å². The average molecular weight is 363 g/mol. The number of rotatable bonds is 4. The highest BCUT2D eigenvalue weighted by Gasteiger charge is 2.52. The normalized spacial score (nSPS) is 28.5. The monoisotopic (exact) mass is 363 g/mol.